The molecule has 80 valence electrons. The van der Waals surface area contributed by atoms with Crippen LogP contribution in [0.3, 0.4) is 0 Å². The molecule has 0 saturated heterocycles. The number of hydrogen-bond acceptors (Lipinski definition) is 5. The van der Waals surface area contributed by atoms with Gasteiger partial charge in [0.15, 0.2) is 0 Å². The van der Waals surface area contributed by atoms with Crippen molar-refractivity contribution >= 4 is 16.7 Å². The van der Waals surface area contributed by atoms with Crippen molar-refractivity contribution in [3.63, 3.8) is 0 Å². The first-order chi connectivity index (χ1) is 6.61. The standard InChI is InChI=1S/C9H17N3OS/c1-6(2)4-8-11-9(14-12-8)10-7(3)5-13/h6-7,13H,4-5H2,1-3H3,(H,10,11,12)/t7-/m0/s1. The average molecular weight is 215 g/mol. The van der Waals surface area contributed by atoms with Gasteiger partial charge in [-0.1, -0.05) is 13.8 Å². The number of nitrogens with zero attached hydrogens (tertiary/aromatic N) is 2. The minimum absolute atomic E-state index is 0.0369. The normalized spacial score (nSPS) is 13.2. The van der Waals surface area contributed by atoms with Crippen LogP contribution < -0.4 is 5.32 Å². The zero-order valence-corrected chi connectivity index (χ0v) is 9.64. The first-order valence-electron chi connectivity index (χ1n) is 4.81. The molecule has 0 aromatic carbocycles. The van der Waals surface area contributed by atoms with Gasteiger partial charge in [-0.15, -0.1) is 0 Å². The monoisotopic (exact) mass is 215 g/mol. The summed E-state index contributed by atoms with van der Waals surface area (Å²) in [5.74, 6) is 1.46. The van der Waals surface area contributed by atoms with Crippen molar-refractivity contribution in [3.8, 4) is 0 Å². The lowest BCUT2D eigenvalue weighted by atomic mass is 10.1. The lowest BCUT2D eigenvalue weighted by molar-refractivity contribution is 0.281. The predicted molar refractivity (Wildman–Crippen MR) is 58.6 cm³/mol. The molecule has 0 spiro atoms. The van der Waals surface area contributed by atoms with Gasteiger partial charge in [0.2, 0.25) is 5.13 Å². The Morgan fingerprint density at radius 2 is 2.14 bits per heavy atom. The second-order valence-corrected chi connectivity index (χ2v) is 4.59. The molecule has 1 heterocycles. The van der Waals surface area contributed by atoms with Crippen molar-refractivity contribution in [3.05, 3.63) is 5.82 Å². The van der Waals surface area contributed by atoms with Gasteiger partial charge in [0, 0.05) is 24.0 Å². The number of hydrogen-bond donors (Lipinski definition) is 2. The molecular formula is C9H17N3OS. The third-order valence-corrected chi connectivity index (χ3v) is 2.39. The van der Waals surface area contributed by atoms with Gasteiger partial charge >= 0.3 is 0 Å². The van der Waals surface area contributed by atoms with Crippen LogP contribution in [0.2, 0.25) is 0 Å². The Morgan fingerprint density at radius 3 is 2.71 bits per heavy atom. The van der Waals surface area contributed by atoms with E-state index < -0.39 is 0 Å². The largest absolute Gasteiger partial charge is 0.394 e. The molecular weight excluding hydrogens is 198 g/mol. The molecule has 0 unspecified atom stereocenters. The predicted octanol–water partition coefficient (Wildman–Crippen LogP) is 1.53. The molecule has 0 saturated carbocycles. The summed E-state index contributed by atoms with van der Waals surface area (Å²) in [5, 5.41) is 12.7. The van der Waals surface area contributed by atoms with Crippen LogP contribution in [0.4, 0.5) is 5.13 Å². The maximum atomic E-state index is 8.84. The van der Waals surface area contributed by atoms with E-state index in [2.05, 4.69) is 28.5 Å². The molecule has 0 fully saturated rings. The SMILES string of the molecule is CC(C)Cc1nsc(N[C@@H](C)CO)n1. The fraction of sp³-hybridized carbons (Fsp3) is 0.778. The van der Waals surface area contributed by atoms with E-state index in [-0.39, 0.29) is 12.6 Å². The van der Waals surface area contributed by atoms with Gasteiger partial charge in [-0.3, -0.25) is 0 Å². The summed E-state index contributed by atoms with van der Waals surface area (Å²) in [5.41, 5.74) is 0. The maximum Gasteiger partial charge on any atom is 0.202 e. The molecule has 0 aliphatic rings. The van der Waals surface area contributed by atoms with Crippen molar-refractivity contribution < 1.29 is 5.11 Å². The molecule has 1 rings (SSSR count). The van der Waals surface area contributed by atoms with E-state index in [1.54, 1.807) is 0 Å². The van der Waals surface area contributed by atoms with Gasteiger partial charge in [0.05, 0.1) is 6.61 Å². The Labute approximate surface area is 88.6 Å². The first-order valence-corrected chi connectivity index (χ1v) is 5.59. The minimum Gasteiger partial charge on any atom is -0.394 e. The van der Waals surface area contributed by atoms with Gasteiger partial charge in [0.1, 0.15) is 5.82 Å². The number of nitrogens with one attached hydrogen (secondary N) is 1. The van der Waals surface area contributed by atoms with E-state index >= 15 is 0 Å². The molecule has 14 heavy (non-hydrogen) atoms. The summed E-state index contributed by atoms with van der Waals surface area (Å²) in [4.78, 5) is 4.32. The Bertz CT molecular complexity index is 275. The van der Waals surface area contributed by atoms with Crippen LogP contribution in [-0.2, 0) is 6.42 Å². The smallest absolute Gasteiger partial charge is 0.202 e. The highest BCUT2D eigenvalue weighted by Crippen LogP contribution is 2.14. The molecule has 0 aliphatic carbocycles. The molecule has 0 amide bonds. The van der Waals surface area contributed by atoms with Crippen LogP contribution in [0.25, 0.3) is 0 Å². The zero-order chi connectivity index (χ0) is 10.6. The van der Waals surface area contributed by atoms with Crippen LogP contribution in [0.5, 0.6) is 0 Å². The fourth-order valence-electron chi connectivity index (χ4n) is 1.02. The number of anilines is 1. The molecule has 2 N–H and O–H groups in total. The topological polar surface area (TPSA) is 58.0 Å². The molecule has 0 radical (unpaired) electrons. The first kappa shape index (κ1) is 11.4. The third-order valence-electron chi connectivity index (χ3n) is 1.70. The van der Waals surface area contributed by atoms with Gasteiger partial charge in [-0.2, -0.15) is 4.37 Å². The molecule has 4 nitrogen and oxygen atoms in total. The number of aliphatic hydroxyl groups excluding tert-OH is 1. The Morgan fingerprint density at radius 1 is 1.43 bits per heavy atom. The van der Waals surface area contributed by atoms with Gasteiger partial charge < -0.3 is 10.4 Å². The highest BCUT2D eigenvalue weighted by Gasteiger charge is 2.07. The summed E-state index contributed by atoms with van der Waals surface area (Å²) in [6, 6.07) is 0.0369. The van der Waals surface area contributed by atoms with E-state index in [0.29, 0.717) is 5.92 Å². The quantitative estimate of drug-likeness (QED) is 0.782. The van der Waals surface area contributed by atoms with Gasteiger partial charge in [-0.25, -0.2) is 4.98 Å². The number of aliphatic hydroxyl groups is 1. The van der Waals surface area contributed by atoms with Crippen LogP contribution in [0, 0.1) is 5.92 Å². The summed E-state index contributed by atoms with van der Waals surface area (Å²) < 4.78 is 4.23. The van der Waals surface area contributed by atoms with E-state index in [4.69, 9.17) is 5.11 Å². The lowest BCUT2D eigenvalue weighted by Gasteiger charge is -2.07. The van der Waals surface area contributed by atoms with E-state index in [1.807, 2.05) is 6.92 Å². The second kappa shape index (κ2) is 5.26. The highest BCUT2D eigenvalue weighted by molar-refractivity contribution is 7.09. The van der Waals surface area contributed by atoms with Crippen LogP contribution in [0.1, 0.15) is 26.6 Å². The van der Waals surface area contributed by atoms with E-state index in [9.17, 15) is 0 Å². The molecule has 5 heteroatoms. The van der Waals surface area contributed by atoms with Crippen molar-refractivity contribution in [2.75, 3.05) is 11.9 Å². The Kier molecular flexibility index (Phi) is 4.28. The van der Waals surface area contributed by atoms with Crippen LogP contribution >= 0.6 is 11.5 Å². The molecule has 1 aromatic heterocycles. The Balaban J connectivity index is 2.50. The van der Waals surface area contributed by atoms with E-state index in [0.717, 1.165) is 17.4 Å². The molecule has 1 aromatic rings. The number of aromatic nitrogens is 2. The van der Waals surface area contributed by atoms with Crippen molar-refractivity contribution in [2.45, 2.75) is 33.2 Å². The molecule has 0 aliphatic heterocycles. The van der Waals surface area contributed by atoms with Crippen molar-refractivity contribution in [1.82, 2.24) is 9.36 Å². The summed E-state index contributed by atoms with van der Waals surface area (Å²) in [7, 11) is 0. The summed E-state index contributed by atoms with van der Waals surface area (Å²) >= 11 is 1.35. The molecule has 1 atom stereocenters. The average Bonchev–Trinajstić information content (AvgIpc) is 2.51. The zero-order valence-electron chi connectivity index (χ0n) is 8.82. The second-order valence-electron chi connectivity index (χ2n) is 3.84. The third kappa shape index (κ3) is 3.59. The van der Waals surface area contributed by atoms with Crippen molar-refractivity contribution in [1.29, 1.82) is 0 Å². The maximum absolute atomic E-state index is 8.84. The van der Waals surface area contributed by atoms with Crippen LogP contribution in [-0.4, -0.2) is 27.1 Å². The van der Waals surface area contributed by atoms with Crippen molar-refractivity contribution in [2.24, 2.45) is 5.92 Å². The van der Waals surface area contributed by atoms with Gasteiger partial charge in [0.25, 0.3) is 0 Å². The lowest BCUT2D eigenvalue weighted by Crippen LogP contribution is -2.19. The van der Waals surface area contributed by atoms with Crippen LogP contribution in [0.15, 0.2) is 0 Å². The number of rotatable bonds is 5. The molecule has 0 bridgehead atoms. The highest BCUT2D eigenvalue weighted by atomic mass is 32.1. The van der Waals surface area contributed by atoms with Gasteiger partial charge in [-0.05, 0) is 12.8 Å². The van der Waals surface area contributed by atoms with E-state index in [1.165, 1.54) is 11.5 Å². The Hall–Kier alpha value is -0.680. The summed E-state index contributed by atoms with van der Waals surface area (Å²) in [6.45, 7) is 6.30. The fourth-order valence-corrected chi connectivity index (χ4v) is 1.72. The minimum atomic E-state index is 0.0369. The summed E-state index contributed by atoms with van der Waals surface area (Å²) in [6.07, 6.45) is 0.908.